The maximum atomic E-state index is 11.6. The number of hydrogen-bond acceptors (Lipinski definition) is 4. The van der Waals surface area contributed by atoms with Crippen LogP contribution in [-0.4, -0.2) is 64.4 Å². The Morgan fingerprint density at radius 3 is 2.94 bits per heavy atom. The van der Waals surface area contributed by atoms with Crippen molar-refractivity contribution in [1.29, 1.82) is 0 Å². The topological polar surface area (TPSA) is 50.8 Å². The number of rotatable bonds is 7. The molecule has 1 aliphatic rings. The molecule has 2 unspecified atom stereocenters. The Bertz CT molecular complexity index is 273. The molecule has 1 rings (SSSR count). The number of amides is 1. The highest BCUT2D eigenvalue weighted by atomic mass is 16.5. The summed E-state index contributed by atoms with van der Waals surface area (Å²) in [5.41, 5.74) is 0. The van der Waals surface area contributed by atoms with Gasteiger partial charge in [0.05, 0.1) is 12.7 Å². The molecule has 1 fully saturated rings. The Kier molecular flexibility index (Phi) is 6.93. The van der Waals surface area contributed by atoms with E-state index in [0.29, 0.717) is 12.5 Å². The predicted molar refractivity (Wildman–Crippen MR) is 70.4 cm³/mol. The summed E-state index contributed by atoms with van der Waals surface area (Å²) in [6.45, 7) is 2.82. The second kappa shape index (κ2) is 8.24. The Hall–Kier alpha value is -0.910. The molecule has 1 aliphatic heterocycles. The molecule has 104 valence electrons. The number of carbonyl (C=O) groups excluding carboxylic acids is 1. The fourth-order valence-corrected chi connectivity index (χ4v) is 1.92. The van der Waals surface area contributed by atoms with E-state index in [1.165, 1.54) is 0 Å². The average Bonchev–Trinajstić information content (AvgIpc) is 2.83. The second-order valence-corrected chi connectivity index (χ2v) is 4.81. The number of methoxy groups -OCH3 is 1. The molecular formula is C13H24N2O3. The van der Waals surface area contributed by atoms with E-state index in [0.717, 1.165) is 26.2 Å². The van der Waals surface area contributed by atoms with E-state index in [9.17, 15) is 4.79 Å². The first-order valence-corrected chi connectivity index (χ1v) is 6.33. The summed E-state index contributed by atoms with van der Waals surface area (Å²) < 4.78 is 10.7. The molecule has 0 aromatic rings. The first-order valence-electron chi connectivity index (χ1n) is 6.33. The van der Waals surface area contributed by atoms with Gasteiger partial charge in [0.25, 0.3) is 0 Å². The lowest BCUT2D eigenvalue weighted by Gasteiger charge is -2.20. The van der Waals surface area contributed by atoms with Crippen LogP contribution in [0.15, 0.2) is 12.2 Å². The van der Waals surface area contributed by atoms with Crippen molar-refractivity contribution in [2.45, 2.75) is 12.5 Å². The van der Waals surface area contributed by atoms with Gasteiger partial charge in [-0.15, -0.1) is 0 Å². The van der Waals surface area contributed by atoms with Crippen LogP contribution in [0.5, 0.6) is 0 Å². The van der Waals surface area contributed by atoms with Gasteiger partial charge in [-0.3, -0.25) is 4.79 Å². The zero-order valence-electron chi connectivity index (χ0n) is 11.5. The summed E-state index contributed by atoms with van der Waals surface area (Å²) in [5.74, 6) is 0.318. The van der Waals surface area contributed by atoms with E-state index in [1.807, 2.05) is 25.1 Å². The Morgan fingerprint density at radius 1 is 1.61 bits per heavy atom. The van der Waals surface area contributed by atoms with Gasteiger partial charge in [-0.25, -0.2) is 0 Å². The summed E-state index contributed by atoms with van der Waals surface area (Å²) in [5, 5.41) is 2.86. The molecular weight excluding hydrogens is 232 g/mol. The Balaban J connectivity index is 2.24. The van der Waals surface area contributed by atoms with Gasteiger partial charge in [-0.2, -0.15) is 0 Å². The van der Waals surface area contributed by atoms with Crippen molar-refractivity contribution >= 4 is 5.91 Å². The van der Waals surface area contributed by atoms with Gasteiger partial charge in [0.1, 0.15) is 0 Å². The quantitative estimate of drug-likeness (QED) is 0.664. The molecule has 0 spiro atoms. The SMILES string of the molecule is COC(CNC(=O)/C=C/CN(C)C)C1CCOC1. The first kappa shape index (κ1) is 15.1. The van der Waals surface area contributed by atoms with Crippen LogP contribution in [0.3, 0.4) is 0 Å². The molecule has 0 saturated carbocycles. The summed E-state index contributed by atoms with van der Waals surface area (Å²) in [6, 6.07) is 0. The Labute approximate surface area is 109 Å². The molecule has 5 heteroatoms. The summed E-state index contributed by atoms with van der Waals surface area (Å²) in [4.78, 5) is 13.6. The third-order valence-corrected chi connectivity index (χ3v) is 3.01. The minimum Gasteiger partial charge on any atom is -0.381 e. The van der Waals surface area contributed by atoms with Crippen LogP contribution >= 0.6 is 0 Å². The maximum absolute atomic E-state index is 11.6. The minimum atomic E-state index is -0.0715. The predicted octanol–water partition coefficient (Wildman–Crippen LogP) is 0.272. The normalized spacial score (nSPS) is 21.7. The summed E-state index contributed by atoms with van der Waals surface area (Å²) >= 11 is 0. The van der Waals surface area contributed by atoms with Crippen LogP contribution < -0.4 is 5.32 Å². The third-order valence-electron chi connectivity index (χ3n) is 3.01. The smallest absolute Gasteiger partial charge is 0.243 e. The van der Waals surface area contributed by atoms with Crippen molar-refractivity contribution < 1.29 is 14.3 Å². The number of nitrogens with one attached hydrogen (secondary N) is 1. The zero-order chi connectivity index (χ0) is 13.4. The van der Waals surface area contributed by atoms with Gasteiger partial charge in [0.2, 0.25) is 5.91 Å². The lowest BCUT2D eigenvalue weighted by molar-refractivity contribution is -0.117. The van der Waals surface area contributed by atoms with E-state index in [-0.39, 0.29) is 12.0 Å². The van der Waals surface area contributed by atoms with Crippen molar-refractivity contribution in [2.24, 2.45) is 5.92 Å². The maximum Gasteiger partial charge on any atom is 0.243 e. The van der Waals surface area contributed by atoms with Crippen LogP contribution in [-0.2, 0) is 14.3 Å². The van der Waals surface area contributed by atoms with Gasteiger partial charge in [-0.05, 0) is 20.5 Å². The van der Waals surface area contributed by atoms with Gasteiger partial charge in [-0.1, -0.05) is 6.08 Å². The van der Waals surface area contributed by atoms with E-state index in [2.05, 4.69) is 5.32 Å². The van der Waals surface area contributed by atoms with Crippen molar-refractivity contribution in [3.63, 3.8) is 0 Å². The highest BCUT2D eigenvalue weighted by Crippen LogP contribution is 2.18. The second-order valence-electron chi connectivity index (χ2n) is 4.81. The molecule has 1 N–H and O–H groups in total. The Morgan fingerprint density at radius 2 is 2.39 bits per heavy atom. The average molecular weight is 256 g/mol. The van der Waals surface area contributed by atoms with Crippen LogP contribution in [0, 0.1) is 5.92 Å². The molecule has 1 heterocycles. The van der Waals surface area contributed by atoms with E-state index in [1.54, 1.807) is 13.2 Å². The number of nitrogens with zero attached hydrogens (tertiary/aromatic N) is 1. The number of ether oxygens (including phenoxy) is 2. The molecule has 0 aromatic heterocycles. The number of carbonyl (C=O) groups is 1. The van der Waals surface area contributed by atoms with Gasteiger partial charge in [0.15, 0.2) is 0 Å². The van der Waals surface area contributed by atoms with Gasteiger partial charge < -0.3 is 19.7 Å². The van der Waals surface area contributed by atoms with Crippen LogP contribution in [0.4, 0.5) is 0 Å². The molecule has 0 aliphatic carbocycles. The highest BCUT2D eigenvalue weighted by molar-refractivity contribution is 5.87. The molecule has 5 nitrogen and oxygen atoms in total. The van der Waals surface area contributed by atoms with Crippen molar-refractivity contribution in [2.75, 3.05) is 47.5 Å². The lowest BCUT2D eigenvalue weighted by atomic mass is 10.0. The fourth-order valence-electron chi connectivity index (χ4n) is 1.92. The fraction of sp³-hybridized carbons (Fsp3) is 0.769. The number of likely N-dealkylation sites (N-methyl/N-ethyl adjacent to an activating group) is 1. The molecule has 1 amide bonds. The standard InChI is InChI=1S/C13H24N2O3/c1-15(2)7-4-5-13(16)14-9-12(17-3)11-6-8-18-10-11/h4-5,11-12H,6-10H2,1-3H3,(H,14,16)/b5-4+. The van der Waals surface area contributed by atoms with E-state index in [4.69, 9.17) is 9.47 Å². The van der Waals surface area contributed by atoms with Crippen molar-refractivity contribution in [1.82, 2.24) is 10.2 Å². The van der Waals surface area contributed by atoms with Gasteiger partial charge >= 0.3 is 0 Å². The lowest BCUT2D eigenvalue weighted by Crippen LogP contribution is -2.37. The molecule has 0 bridgehead atoms. The first-order chi connectivity index (χ1) is 8.63. The third kappa shape index (κ3) is 5.62. The molecule has 0 aromatic carbocycles. The van der Waals surface area contributed by atoms with Crippen LogP contribution in [0.25, 0.3) is 0 Å². The van der Waals surface area contributed by atoms with Crippen LogP contribution in [0.2, 0.25) is 0 Å². The monoisotopic (exact) mass is 256 g/mol. The van der Waals surface area contributed by atoms with E-state index >= 15 is 0 Å². The van der Waals surface area contributed by atoms with Gasteiger partial charge in [0, 0.05) is 38.8 Å². The summed E-state index contributed by atoms with van der Waals surface area (Å²) in [6.07, 6.45) is 4.46. The van der Waals surface area contributed by atoms with Crippen molar-refractivity contribution in [3.8, 4) is 0 Å². The molecule has 18 heavy (non-hydrogen) atoms. The van der Waals surface area contributed by atoms with Crippen molar-refractivity contribution in [3.05, 3.63) is 12.2 Å². The van der Waals surface area contributed by atoms with E-state index < -0.39 is 0 Å². The largest absolute Gasteiger partial charge is 0.381 e. The molecule has 2 atom stereocenters. The zero-order valence-corrected chi connectivity index (χ0v) is 11.5. The highest BCUT2D eigenvalue weighted by Gasteiger charge is 2.25. The summed E-state index contributed by atoms with van der Waals surface area (Å²) in [7, 11) is 5.60. The van der Waals surface area contributed by atoms with Crippen LogP contribution in [0.1, 0.15) is 6.42 Å². The minimum absolute atomic E-state index is 0.0405. The molecule has 0 radical (unpaired) electrons. The molecule has 1 saturated heterocycles. The number of hydrogen-bond donors (Lipinski definition) is 1.